The summed E-state index contributed by atoms with van der Waals surface area (Å²) in [5.41, 5.74) is 6.66. The van der Waals surface area contributed by atoms with Gasteiger partial charge >= 0.3 is 0 Å². The Bertz CT molecular complexity index is 970. The Morgan fingerprint density at radius 3 is 2.92 bits per heavy atom. The Kier molecular flexibility index (Phi) is 4.34. The lowest BCUT2D eigenvalue weighted by Gasteiger charge is -2.37. The van der Waals surface area contributed by atoms with E-state index in [2.05, 4.69) is 32.9 Å². The van der Waals surface area contributed by atoms with Crippen LogP contribution in [0.4, 0.5) is 15.1 Å². The van der Waals surface area contributed by atoms with Crippen molar-refractivity contribution in [3.05, 3.63) is 51.5 Å². The molecular formula is C17H14FIN4OS. The molecule has 5 nitrogen and oxygen atoms in total. The fourth-order valence-corrected chi connectivity index (χ4v) is 4.28. The smallest absolute Gasteiger partial charge is 0.257 e. The summed E-state index contributed by atoms with van der Waals surface area (Å²) in [6.45, 7) is 1.07. The molecule has 2 aromatic heterocycles. The molecule has 1 aliphatic heterocycles. The maximum absolute atomic E-state index is 14.2. The number of nitrogens with zero attached hydrogens (tertiary/aromatic N) is 2. The van der Waals surface area contributed by atoms with Gasteiger partial charge in [-0.2, -0.15) is 0 Å². The van der Waals surface area contributed by atoms with Gasteiger partial charge in [0.05, 0.1) is 11.3 Å². The van der Waals surface area contributed by atoms with Crippen LogP contribution < -0.4 is 11.1 Å². The Hall–Kier alpha value is -1.78. The molecule has 3 aromatic rings. The van der Waals surface area contributed by atoms with E-state index < -0.39 is 0 Å². The average molecular weight is 468 g/mol. The van der Waals surface area contributed by atoms with Crippen molar-refractivity contribution in [1.29, 1.82) is 0 Å². The molecule has 0 unspecified atom stereocenters. The summed E-state index contributed by atoms with van der Waals surface area (Å²) in [6, 6.07) is 8.61. The normalized spacial score (nSPS) is 14.6. The van der Waals surface area contributed by atoms with Gasteiger partial charge < -0.3 is 16.0 Å². The molecule has 0 aliphatic carbocycles. The molecule has 128 valence electrons. The number of rotatable bonds is 3. The van der Waals surface area contributed by atoms with Crippen LogP contribution in [0.15, 0.2) is 36.5 Å². The number of likely N-dealkylation sites (tertiary alicyclic amines) is 1. The zero-order valence-corrected chi connectivity index (χ0v) is 16.0. The second-order valence-corrected chi connectivity index (χ2v) is 8.13. The van der Waals surface area contributed by atoms with Crippen molar-refractivity contribution in [2.24, 2.45) is 5.73 Å². The highest BCUT2D eigenvalue weighted by Gasteiger charge is 2.32. The number of nitrogens with two attached hydrogens (primary N) is 1. The first kappa shape index (κ1) is 16.7. The van der Waals surface area contributed by atoms with Crippen molar-refractivity contribution in [2.45, 2.75) is 6.04 Å². The Labute approximate surface area is 161 Å². The number of halogens is 2. The third kappa shape index (κ3) is 3.09. The number of hydrogen-bond donors (Lipinski definition) is 2. The lowest BCUT2D eigenvalue weighted by atomic mass is 10.1. The van der Waals surface area contributed by atoms with Crippen LogP contribution >= 0.6 is 33.9 Å². The summed E-state index contributed by atoms with van der Waals surface area (Å²) in [5, 5.41) is 4.44. The second-order valence-electron chi connectivity index (χ2n) is 5.88. The van der Waals surface area contributed by atoms with Gasteiger partial charge in [0.15, 0.2) is 0 Å². The quantitative estimate of drug-likeness (QED) is 0.577. The van der Waals surface area contributed by atoms with E-state index in [1.165, 1.54) is 17.4 Å². The van der Waals surface area contributed by atoms with Crippen LogP contribution in [0.2, 0.25) is 0 Å². The van der Waals surface area contributed by atoms with Crippen LogP contribution in [0, 0.1) is 9.39 Å². The van der Waals surface area contributed by atoms with Gasteiger partial charge in [-0.3, -0.25) is 4.79 Å². The van der Waals surface area contributed by atoms with Gasteiger partial charge in [0.1, 0.15) is 15.6 Å². The summed E-state index contributed by atoms with van der Waals surface area (Å²) in [6.07, 6.45) is 1.68. The van der Waals surface area contributed by atoms with Crippen LogP contribution in [-0.2, 0) is 0 Å². The molecule has 0 radical (unpaired) electrons. The number of carbonyl (C=O) groups is 1. The third-order valence-corrected chi connectivity index (χ3v) is 5.76. The summed E-state index contributed by atoms with van der Waals surface area (Å²) < 4.78 is 15.0. The van der Waals surface area contributed by atoms with Gasteiger partial charge in [0.25, 0.3) is 5.91 Å². The minimum absolute atomic E-state index is 0.0250. The van der Waals surface area contributed by atoms with Crippen molar-refractivity contribution in [3.63, 3.8) is 0 Å². The molecule has 1 saturated heterocycles. The summed E-state index contributed by atoms with van der Waals surface area (Å²) in [5.74, 6) is -0.462. The standard InChI is InChI=1S/C17H14FIN4OS/c18-12-6-9(19)3-4-13(12)22-16-14(17(24)23-7-10(20)8-23)11-2-1-5-21-15(11)25-16/h1-6,10,22H,7-8,20H2. The molecule has 25 heavy (non-hydrogen) atoms. The molecule has 4 rings (SSSR count). The van der Waals surface area contributed by atoms with Crippen LogP contribution in [0.5, 0.6) is 0 Å². The Morgan fingerprint density at radius 1 is 1.40 bits per heavy atom. The Balaban J connectivity index is 1.77. The lowest BCUT2D eigenvalue weighted by Crippen LogP contribution is -2.57. The van der Waals surface area contributed by atoms with E-state index in [0.717, 1.165) is 13.8 Å². The van der Waals surface area contributed by atoms with E-state index in [0.29, 0.717) is 29.3 Å². The van der Waals surface area contributed by atoms with Crippen molar-refractivity contribution in [1.82, 2.24) is 9.88 Å². The van der Waals surface area contributed by atoms with E-state index in [1.54, 1.807) is 23.2 Å². The van der Waals surface area contributed by atoms with Crippen molar-refractivity contribution in [3.8, 4) is 0 Å². The summed E-state index contributed by atoms with van der Waals surface area (Å²) >= 11 is 3.40. The number of carbonyl (C=O) groups excluding carboxylic acids is 1. The maximum atomic E-state index is 14.2. The molecule has 0 spiro atoms. The highest BCUT2D eigenvalue weighted by atomic mass is 127. The van der Waals surface area contributed by atoms with Crippen molar-refractivity contribution in [2.75, 3.05) is 18.4 Å². The van der Waals surface area contributed by atoms with Crippen LogP contribution in [0.25, 0.3) is 10.2 Å². The number of thiophene rings is 1. The summed E-state index contributed by atoms with van der Waals surface area (Å²) in [4.78, 5) is 19.7. The molecule has 0 bridgehead atoms. The van der Waals surface area contributed by atoms with Crippen LogP contribution in [-0.4, -0.2) is 34.9 Å². The monoisotopic (exact) mass is 468 g/mol. The largest absolute Gasteiger partial charge is 0.344 e. The van der Waals surface area contributed by atoms with Gasteiger partial charge in [0.2, 0.25) is 0 Å². The average Bonchev–Trinajstić information content (AvgIpc) is 2.92. The molecule has 1 aliphatic rings. The first-order chi connectivity index (χ1) is 12.0. The van der Waals surface area contributed by atoms with E-state index in [9.17, 15) is 9.18 Å². The molecule has 1 fully saturated rings. The first-order valence-electron chi connectivity index (χ1n) is 7.67. The predicted octanol–water partition coefficient (Wildman–Crippen LogP) is 3.57. The molecule has 0 saturated carbocycles. The molecule has 3 heterocycles. The van der Waals surface area contributed by atoms with Gasteiger partial charge in [0, 0.05) is 34.3 Å². The number of nitrogens with one attached hydrogen (secondary N) is 1. The maximum Gasteiger partial charge on any atom is 0.257 e. The van der Waals surface area contributed by atoms with E-state index >= 15 is 0 Å². The molecule has 1 amide bonds. The van der Waals surface area contributed by atoms with E-state index in [4.69, 9.17) is 5.73 Å². The first-order valence-corrected chi connectivity index (χ1v) is 9.57. The number of pyridine rings is 1. The summed E-state index contributed by atoms with van der Waals surface area (Å²) in [7, 11) is 0. The number of hydrogen-bond acceptors (Lipinski definition) is 5. The van der Waals surface area contributed by atoms with Crippen molar-refractivity contribution >= 4 is 60.7 Å². The molecular weight excluding hydrogens is 454 g/mol. The predicted molar refractivity (Wildman–Crippen MR) is 106 cm³/mol. The SMILES string of the molecule is NC1CN(C(=O)c2c(Nc3ccc(I)cc3F)sc3ncccc23)C1. The van der Waals surface area contributed by atoms with Gasteiger partial charge in [-0.1, -0.05) is 11.3 Å². The van der Waals surface area contributed by atoms with Gasteiger partial charge in [-0.05, 0) is 52.9 Å². The number of benzene rings is 1. The van der Waals surface area contributed by atoms with Crippen LogP contribution in [0.3, 0.4) is 0 Å². The third-order valence-electron chi connectivity index (χ3n) is 4.06. The zero-order chi connectivity index (χ0) is 17.6. The van der Waals surface area contributed by atoms with Gasteiger partial charge in [-0.25, -0.2) is 9.37 Å². The zero-order valence-electron chi connectivity index (χ0n) is 13.0. The molecule has 3 N–H and O–H groups in total. The number of fused-ring (bicyclic) bond motifs is 1. The second kappa shape index (κ2) is 6.50. The molecule has 0 atom stereocenters. The highest BCUT2D eigenvalue weighted by molar-refractivity contribution is 14.1. The van der Waals surface area contributed by atoms with Crippen LogP contribution in [0.1, 0.15) is 10.4 Å². The number of amides is 1. The lowest BCUT2D eigenvalue weighted by molar-refractivity contribution is 0.0611. The van der Waals surface area contributed by atoms with E-state index in [1.807, 2.05) is 12.1 Å². The topological polar surface area (TPSA) is 71.2 Å². The Morgan fingerprint density at radius 2 is 2.20 bits per heavy atom. The minimum atomic E-state index is -0.360. The number of aromatic nitrogens is 1. The van der Waals surface area contributed by atoms with Crippen molar-refractivity contribution < 1.29 is 9.18 Å². The fraction of sp³-hybridized carbons (Fsp3) is 0.176. The fourth-order valence-electron chi connectivity index (χ4n) is 2.78. The minimum Gasteiger partial charge on any atom is -0.344 e. The number of anilines is 2. The molecule has 8 heteroatoms. The molecule has 1 aromatic carbocycles. The highest BCUT2D eigenvalue weighted by Crippen LogP contribution is 2.38. The van der Waals surface area contributed by atoms with E-state index in [-0.39, 0.29) is 17.8 Å². The van der Waals surface area contributed by atoms with Gasteiger partial charge in [-0.15, -0.1) is 0 Å².